The molecule has 0 atom stereocenters. The highest BCUT2D eigenvalue weighted by molar-refractivity contribution is 9.10. The molecule has 2 aromatic heterocycles. The van der Waals surface area contributed by atoms with Crippen LogP contribution in [0.15, 0.2) is 41.1 Å². The van der Waals surface area contributed by atoms with Crippen molar-refractivity contribution in [1.82, 2.24) is 19.6 Å². The second kappa shape index (κ2) is 7.37. The summed E-state index contributed by atoms with van der Waals surface area (Å²) < 4.78 is 4.51. The number of hydrogen-bond donors (Lipinski definition) is 2. The molecule has 3 rings (SSSR count). The molecule has 0 bridgehead atoms. The maximum absolute atomic E-state index is 5.37. The van der Waals surface area contributed by atoms with E-state index in [0.29, 0.717) is 17.5 Å². The maximum Gasteiger partial charge on any atom is 0.176 e. The molecule has 3 aromatic rings. The Kier molecular flexibility index (Phi) is 5.19. The molecule has 6 nitrogen and oxygen atoms in total. The highest BCUT2D eigenvalue weighted by Gasteiger charge is 2.10. The molecule has 0 fully saturated rings. The van der Waals surface area contributed by atoms with Crippen molar-refractivity contribution in [2.24, 2.45) is 7.05 Å². The number of rotatable bonds is 4. The smallest absolute Gasteiger partial charge is 0.176 e. The quantitative estimate of drug-likeness (QED) is 0.629. The Balaban J connectivity index is 1.66. The fourth-order valence-corrected chi connectivity index (χ4v) is 2.95. The number of anilines is 2. The Morgan fingerprint density at radius 1 is 1.20 bits per heavy atom. The lowest BCUT2D eigenvalue weighted by molar-refractivity contribution is 0.689. The van der Waals surface area contributed by atoms with Gasteiger partial charge in [0.15, 0.2) is 10.9 Å². The van der Waals surface area contributed by atoms with Gasteiger partial charge in [-0.2, -0.15) is 10.2 Å². The Hall–Kier alpha value is -2.19. The number of nitrogens with zero attached hydrogens (tertiary/aromatic N) is 4. The van der Waals surface area contributed by atoms with Crippen LogP contribution in [0.4, 0.5) is 11.5 Å². The van der Waals surface area contributed by atoms with Gasteiger partial charge in [0, 0.05) is 13.2 Å². The van der Waals surface area contributed by atoms with E-state index in [9.17, 15) is 0 Å². The van der Waals surface area contributed by atoms with Crippen molar-refractivity contribution in [2.45, 2.75) is 20.4 Å². The molecule has 8 heteroatoms. The molecule has 0 unspecified atom stereocenters. The molecular weight excluding hydrogens is 400 g/mol. The molecular formula is C17H19BrN6S. The number of hydrogen-bond acceptors (Lipinski definition) is 3. The monoisotopic (exact) mass is 418 g/mol. The highest BCUT2D eigenvalue weighted by atomic mass is 79.9. The summed E-state index contributed by atoms with van der Waals surface area (Å²) >= 11 is 8.90. The zero-order valence-corrected chi connectivity index (χ0v) is 16.6. The summed E-state index contributed by atoms with van der Waals surface area (Å²) in [5.74, 6) is 0.672. The van der Waals surface area contributed by atoms with Gasteiger partial charge in [-0.05, 0) is 47.6 Å². The molecule has 0 radical (unpaired) electrons. The van der Waals surface area contributed by atoms with Gasteiger partial charge >= 0.3 is 0 Å². The molecule has 0 aliphatic carbocycles. The fourth-order valence-electron chi connectivity index (χ4n) is 2.33. The SMILES string of the molecule is Cc1ccc(Cn2cc(Br)c(NC(=S)Nc3cnn(C)c3C)n2)cc1. The van der Waals surface area contributed by atoms with Crippen LogP contribution in [0.2, 0.25) is 0 Å². The van der Waals surface area contributed by atoms with E-state index < -0.39 is 0 Å². The van der Waals surface area contributed by atoms with Gasteiger partial charge in [0.1, 0.15) is 0 Å². The predicted octanol–water partition coefficient (Wildman–Crippen LogP) is 3.85. The third kappa shape index (κ3) is 4.26. The van der Waals surface area contributed by atoms with Crippen LogP contribution in [0.25, 0.3) is 0 Å². The molecule has 2 heterocycles. The van der Waals surface area contributed by atoms with Crippen molar-refractivity contribution in [3.05, 3.63) is 58.0 Å². The second-order valence-electron chi connectivity index (χ2n) is 5.86. The molecule has 25 heavy (non-hydrogen) atoms. The van der Waals surface area contributed by atoms with Gasteiger partial charge in [0.2, 0.25) is 0 Å². The molecule has 130 valence electrons. The van der Waals surface area contributed by atoms with Crippen LogP contribution in [-0.2, 0) is 13.6 Å². The van der Waals surface area contributed by atoms with Crippen LogP contribution >= 0.6 is 28.1 Å². The maximum atomic E-state index is 5.37. The van der Waals surface area contributed by atoms with Gasteiger partial charge in [-0.3, -0.25) is 9.36 Å². The summed E-state index contributed by atoms with van der Waals surface area (Å²) in [4.78, 5) is 0. The summed E-state index contributed by atoms with van der Waals surface area (Å²) in [6, 6.07) is 8.41. The van der Waals surface area contributed by atoms with Gasteiger partial charge in [0.25, 0.3) is 0 Å². The summed E-state index contributed by atoms with van der Waals surface area (Å²) in [5.41, 5.74) is 4.32. The van der Waals surface area contributed by atoms with Gasteiger partial charge in [-0.15, -0.1) is 0 Å². The third-order valence-electron chi connectivity index (χ3n) is 3.90. The van der Waals surface area contributed by atoms with Crippen molar-refractivity contribution >= 4 is 44.8 Å². The average Bonchev–Trinajstić information content (AvgIpc) is 3.06. The Labute approximate surface area is 160 Å². The normalized spacial score (nSPS) is 10.7. The summed E-state index contributed by atoms with van der Waals surface area (Å²) in [6.07, 6.45) is 3.68. The molecule has 0 amide bonds. The van der Waals surface area contributed by atoms with Crippen molar-refractivity contribution in [3.8, 4) is 0 Å². The Bertz CT molecular complexity index is 897. The number of thiocarbonyl (C=S) groups is 1. The largest absolute Gasteiger partial charge is 0.330 e. The standard InChI is InChI=1S/C17H19BrN6S/c1-11-4-6-13(7-5-11)9-24-10-14(18)16(22-24)21-17(25)20-15-8-19-23(3)12(15)2/h4-8,10H,9H2,1-3H3,(H2,20,21,22,25). The number of benzene rings is 1. The van der Waals surface area contributed by atoms with E-state index in [1.165, 1.54) is 11.1 Å². The summed E-state index contributed by atoms with van der Waals surface area (Å²) in [5, 5.41) is 15.5. The van der Waals surface area contributed by atoms with Crippen molar-refractivity contribution < 1.29 is 0 Å². The van der Waals surface area contributed by atoms with Crippen LogP contribution in [0.3, 0.4) is 0 Å². The van der Waals surface area contributed by atoms with Crippen LogP contribution in [0, 0.1) is 13.8 Å². The molecule has 1 aromatic carbocycles. The molecule has 2 N–H and O–H groups in total. The minimum absolute atomic E-state index is 0.470. The number of aryl methyl sites for hydroxylation is 2. The number of aromatic nitrogens is 4. The van der Waals surface area contributed by atoms with Gasteiger partial charge < -0.3 is 10.6 Å². The fraction of sp³-hybridized carbons (Fsp3) is 0.235. The van der Waals surface area contributed by atoms with Crippen LogP contribution in [0.1, 0.15) is 16.8 Å². The average molecular weight is 419 g/mol. The lowest BCUT2D eigenvalue weighted by Crippen LogP contribution is -2.20. The van der Waals surface area contributed by atoms with Gasteiger partial charge in [-0.1, -0.05) is 29.8 Å². The van der Waals surface area contributed by atoms with E-state index in [0.717, 1.165) is 15.9 Å². The van der Waals surface area contributed by atoms with Crippen molar-refractivity contribution in [1.29, 1.82) is 0 Å². The second-order valence-corrected chi connectivity index (χ2v) is 7.12. The molecule has 0 spiro atoms. The first-order chi connectivity index (χ1) is 11.9. The van der Waals surface area contributed by atoms with E-state index in [2.05, 4.69) is 68.0 Å². The minimum Gasteiger partial charge on any atom is -0.330 e. The topological polar surface area (TPSA) is 59.7 Å². The zero-order valence-electron chi connectivity index (χ0n) is 14.2. The minimum atomic E-state index is 0.470. The summed E-state index contributed by atoms with van der Waals surface area (Å²) in [7, 11) is 1.89. The van der Waals surface area contributed by atoms with Crippen LogP contribution in [0.5, 0.6) is 0 Å². The van der Waals surface area contributed by atoms with E-state index >= 15 is 0 Å². The van der Waals surface area contributed by atoms with Gasteiger partial charge in [0.05, 0.1) is 28.6 Å². The predicted molar refractivity (Wildman–Crippen MR) is 108 cm³/mol. The molecule has 0 saturated heterocycles. The lowest BCUT2D eigenvalue weighted by atomic mass is 10.1. The van der Waals surface area contributed by atoms with E-state index in [4.69, 9.17) is 12.2 Å². The third-order valence-corrected chi connectivity index (χ3v) is 4.68. The van der Waals surface area contributed by atoms with Gasteiger partial charge in [-0.25, -0.2) is 0 Å². The van der Waals surface area contributed by atoms with Crippen molar-refractivity contribution in [3.63, 3.8) is 0 Å². The van der Waals surface area contributed by atoms with E-state index in [1.807, 2.05) is 24.9 Å². The Morgan fingerprint density at radius 2 is 1.92 bits per heavy atom. The van der Waals surface area contributed by atoms with E-state index in [-0.39, 0.29) is 0 Å². The van der Waals surface area contributed by atoms with E-state index in [1.54, 1.807) is 10.9 Å². The molecule has 0 saturated carbocycles. The number of halogens is 1. The first kappa shape index (κ1) is 17.6. The number of nitrogens with one attached hydrogen (secondary N) is 2. The Morgan fingerprint density at radius 3 is 2.56 bits per heavy atom. The highest BCUT2D eigenvalue weighted by Crippen LogP contribution is 2.21. The van der Waals surface area contributed by atoms with Crippen molar-refractivity contribution in [2.75, 3.05) is 10.6 Å². The molecule has 0 aliphatic rings. The molecule has 0 aliphatic heterocycles. The summed E-state index contributed by atoms with van der Waals surface area (Å²) in [6.45, 7) is 4.75. The first-order valence-electron chi connectivity index (χ1n) is 7.77. The van der Waals surface area contributed by atoms with Crippen LogP contribution in [-0.4, -0.2) is 24.7 Å². The lowest BCUT2D eigenvalue weighted by Gasteiger charge is -2.08. The zero-order chi connectivity index (χ0) is 18.0. The van der Waals surface area contributed by atoms with Crippen LogP contribution < -0.4 is 10.6 Å². The first-order valence-corrected chi connectivity index (χ1v) is 8.97.